The first kappa shape index (κ1) is 12.8. The Labute approximate surface area is 96.1 Å². The molecule has 4 nitrogen and oxygen atoms in total. The predicted molar refractivity (Wildman–Crippen MR) is 64.0 cm³/mol. The zero-order valence-corrected chi connectivity index (χ0v) is 9.76. The molecule has 16 heavy (non-hydrogen) atoms. The van der Waals surface area contributed by atoms with Gasteiger partial charge >= 0.3 is 0 Å². The Kier molecular flexibility index (Phi) is 5.08. The maximum absolute atomic E-state index is 9.07. The second-order valence-corrected chi connectivity index (χ2v) is 3.56. The summed E-state index contributed by atoms with van der Waals surface area (Å²) in [4.78, 5) is 1.84. The number of hydrogen-bond acceptors (Lipinski definition) is 4. The molecule has 0 amide bonds. The van der Waals surface area contributed by atoms with Gasteiger partial charge in [0.05, 0.1) is 25.9 Å². The number of ether oxygens (including phenoxy) is 1. The predicted octanol–water partition coefficient (Wildman–Crippen LogP) is 0.875. The molecule has 1 rings (SSSR count). The van der Waals surface area contributed by atoms with Gasteiger partial charge < -0.3 is 19.8 Å². The Morgan fingerprint density at radius 3 is 2.19 bits per heavy atom. The normalized spacial score (nSPS) is 10.6. The van der Waals surface area contributed by atoms with Crippen LogP contribution in [0.1, 0.15) is 6.92 Å². The fourth-order valence-electron chi connectivity index (χ4n) is 1.46. The molecule has 0 radical (unpaired) electrons. The monoisotopic (exact) mass is 225 g/mol. The first-order valence-corrected chi connectivity index (χ1v) is 5.40. The lowest BCUT2D eigenvalue weighted by molar-refractivity contribution is 0.191. The van der Waals surface area contributed by atoms with Crippen molar-refractivity contribution in [2.75, 3.05) is 31.8 Å². The van der Waals surface area contributed by atoms with E-state index >= 15 is 0 Å². The molecular formula is C12H19NO3. The van der Waals surface area contributed by atoms with Crippen LogP contribution in [0.3, 0.4) is 0 Å². The van der Waals surface area contributed by atoms with Crippen molar-refractivity contribution in [2.45, 2.75) is 13.0 Å². The van der Waals surface area contributed by atoms with E-state index in [9.17, 15) is 0 Å². The highest BCUT2D eigenvalue weighted by molar-refractivity contribution is 5.49. The van der Waals surface area contributed by atoms with Gasteiger partial charge in [-0.2, -0.15) is 0 Å². The van der Waals surface area contributed by atoms with Crippen molar-refractivity contribution >= 4 is 5.69 Å². The summed E-state index contributed by atoms with van der Waals surface area (Å²) in [5.41, 5.74) is 0.941. The van der Waals surface area contributed by atoms with E-state index in [2.05, 4.69) is 0 Å². The lowest BCUT2D eigenvalue weighted by Gasteiger charge is -2.27. The second kappa shape index (κ2) is 6.35. The Morgan fingerprint density at radius 1 is 1.19 bits per heavy atom. The summed E-state index contributed by atoms with van der Waals surface area (Å²) in [5, 5.41) is 18.1. The highest BCUT2D eigenvalue weighted by Gasteiger charge is 2.12. The van der Waals surface area contributed by atoms with Crippen LogP contribution in [0.15, 0.2) is 24.3 Å². The first-order chi connectivity index (χ1) is 7.72. The van der Waals surface area contributed by atoms with Gasteiger partial charge in [0, 0.05) is 12.7 Å². The molecular weight excluding hydrogens is 206 g/mol. The van der Waals surface area contributed by atoms with E-state index in [1.54, 1.807) is 0 Å². The van der Waals surface area contributed by atoms with E-state index in [1.807, 2.05) is 43.1 Å². The summed E-state index contributed by atoms with van der Waals surface area (Å²) in [5.74, 6) is 0.823. The van der Waals surface area contributed by atoms with Gasteiger partial charge in [-0.05, 0) is 31.2 Å². The maximum Gasteiger partial charge on any atom is 0.119 e. The third-order valence-electron chi connectivity index (χ3n) is 2.52. The van der Waals surface area contributed by atoms with E-state index in [0.717, 1.165) is 11.4 Å². The van der Waals surface area contributed by atoms with Gasteiger partial charge in [-0.15, -0.1) is 0 Å². The van der Waals surface area contributed by atoms with E-state index < -0.39 is 0 Å². The summed E-state index contributed by atoms with van der Waals surface area (Å²) in [6, 6.07) is 7.30. The maximum atomic E-state index is 9.07. The highest BCUT2D eigenvalue weighted by Crippen LogP contribution is 2.19. The van der Waals surface area contributed by atoms with Gasteiger partial charge in [0.2, 0.25) is 0 Å². The van der Waals surface area contributed by atoms with Gasteiger partial charge in [-0.1, -0.05) is 0 Å². The third-order valence-corrected chi connectivity index (χ3v) is 2.52. The minimum atomic E-state index is -0.266. The highest BCUT2D eigenvalue weighted by atomic mass is 16.5. The third kappa shape index (κ3) is 3.12. The van der Waals surface area contributed by atoms with Crippen molar-refractivity contribution in [1.82, 2.24) is 0 Å². The summed E-state index contributed by atoms with van der Waals surface area (Å²) >= 11 is 0. The first-order valence-electron chi connectivity index (χ1n) is 5.40. The molecule has 0 unspecified atom stereocenters. The molecule has 90 valence electrons. The number of hydrogen-bond donors (Lipinski definition) is 2. The zero-order valence-electron chi connectivity index (χ0n) is 9.76. The largest absolute Gasteiger partial charge is 0.494 e. The quantitative estimate of drug-likeness (QED) is 0.754. The molecule has 0 spiro atoms. The standard InChI is InChI=1S/C12H19NO3/c1-3-16-12-6-4-10(5-7-12)13(2)11(8-14)9-15/h4-7,11,14-15H,3,8-9H2,1-2H3. The average Bonchev–Trinajstić information content (AvgIpc) is 2.32. The van der Waals surface area contributed by atoms with E-state index in [-0.39, 0.29) is 19.3 Å². The van der Waals surface area contributed by atoms with E-state index in [0.29, 0.717) is 6.61 Å². The van der Waals surface area contributed by atoms with Gasteiger partial charge in [0.1, 0.15) is 5.75 Å². The lowest BCUT2D eigenvalue weighted by atomic mass is 10.2. The molecule has 0 aliphatic heterocycles. The van der Waals surface area contributed by atoms with Crippen LogP contribution >= 0.6 is 0 Å². The molecule has 0 bridgehead atoms. The summed E-state index contributed by atoms with van der Waals surface area (Å²) in [7, 11) is 1.84. The SMILES string of the molecule is CCOc1ccc(N(C)C(CO)CO)cc1. The topological polar surface area (TPSA) is 52.9 Å². The van der Waals surface area contributed by atoms with Crippen molar-refractivity contribution in [3.05, 3.63) is 24.3 Å². The average molecular weight is 225 g/mol. The minimum Gasteiger partial charge on any atom is -0.494 e. The molecule has 0 aromatic heterocycles. The smallest absolute Gasteiger partial charge is 0.119 e. The number of anilines is 1. The van der Waals surface area contributed by atoms with Gasteiger partial charge in [0.25, 0.3) is 0 Å². The molecule has 2 N–H and O–H groups in total. The van der Waals surface area contributed by atoms with Crippen molar-refractivity contribution in [3.63, 3.8) is 0 Å². The molecule has 0 aliphatic rings. The summed E-state index contributed by atoms with van der Waals surface area (Å²) in [6.07, 6.45) is 0. The molecule has 0 heterocycles. The van der Waals surface area contributed by atoms with Crippen LogP contribution in [0.2, 0.25) is 0 Å². The Bertz CT molecular complexity index is 296. The molecule has 0 saturated heterocycles. The Balaban J connectivity index is 2.72. The number of aliphatic hydroxyl groups excluding tert-OH is 2. The van der Waals surface area contributed by atoms with E-state index in [4.69, 9.17) is 14.9 Å². The lowest BCUT2D eigenvalue weighted by Crippen LogP contribution is -2.37. The van der Waals surface area contributed by atoms with Crippen LogP contribution in [0.25, 0.3) is 0 Å². The minimum absolute atomic E-state index is 0.0692. The summed E-state index contributed by atoms with van der Waals surface area (Å²) < 4.78 is 5.34. The second-order valence-electron chi connectivity index (χ2n) is 3.56. The van der Waals surface area contributed by atoms with Crippen molar-refractivity contribution in [3.8, 4) is 5.75 Å². The fourth-order valence-corrected chi connectivity index (χ4v) is 1.46. The number of nitrogens with zero attached hydrogens (tertiary/aromatic N) is 1. The van der Waals surface area contributed by atoms with Crippen LogP contribution in [-0.4, -0.2) is 43.1 Å². The molecule has 0 aliphatic carbocycles. The molecule has 1 aromatic carbocycles. The number of likely N-dealkylation sites (N-methyl/N-ethyl adjacent to an activating group) is 1. The molecule has 0 fully saturated rings. The summed E-state index contributed by atoms with van der Waals surface area (Å²) in [6.45, 7) is 2.44. The van der Waals surface area contributed by atoms with Crippen LogP contribution in [0.5, 0.6) is 5.75 Å². The number of rotatable bonds is 6. The number of benzene rings is 1. The molecule has 0 atom stereocenters. The van der Waals surface area contributed by atoms with E-state index in [1.165, 1.54) is 0 Å². The van der Waals surface area contributed by atoms with Crippen LogP contribution in [0, 0.1) is 0 Å². The molecule has 1 aromatic rings. The van der Waals surface area contributed by atoms with Crippen molar-refractivity contribution < 1.29 is 14.9 Å². The Morgan fingerprint density at radius 2 is 1.75 bits per heavy atom. The molecule has 4 heteroatoms. The van der Waals surface area contributed by atoms with Crippen molar-refractivity contribution in [2.24, 2.45) is 0 Å². The fraction of sp³-hybridized carbons (Fsp3) is 0.500. The van der Waals surface area contributed by atoms with Crippen LogP contribution in [-0.2, 0) is 0 Å². The van der Waals surface area contributed by atoms with Gasteiger partial charge in [0.15, 0.2) is 0 Å². The van der Waals surface area contributed by atoms with Gasteiger partial charge in [-0.3, -0.25) is 0 Å². The molecule has 0 saturated carbocycles. The van der Waals surface area contributed by atoms with Gasteiger partial charge in [-0.25, -0.2) is 0 Å². The number of aliphatic hydroxyl groups is 2. The van der Waals surface area contributed by atoms with Crippen LogP contribution in [0.4, 0.5) is 5.69 Å². The van der Waals surface area contributed by atoms with Crippen LogP contribution < -0.4 is 9.64 Å². The van der Waals surface area contributed by atoms with Crippen molar-refractivity contribution in [1.29, 1.82) is 0 Å². The Hall–Kier alpha value is -1.26. The zero-order chi connectivity index (χ0) is 12.0.